The Bertz CT molecular complexity index is 388. The number of nitrogens with zero attached hydrogens (tertiary/aromatic N) is 2. The van der Waals surface area contributed by atoms with Crippen molar-refractivity contribution in [2.75, 3.05) is 13.1 Å². The summed E-state index contributed by atoms with van der Waals surface area (Å²) in [6.45, 7) is 4.23. The van der Waals surface area contributed by atoms with Crippen molar-refractivity contribution >= 4 is 6.03 Å². The number of carbonyl (C=O) groups excluding carboxylic acids is 1. The highest BCUT2D eigenvalue weighted by Crippen LogP contribution is 2.12. The normalized spacial score (nSPS) is 16.5. The molecule has 2 amide bonds. The minimum absolute atomic E-state index is 0.0733. The molecule has 92 valence electrons. The lowest BCUT2D eigenvalue weighted by Gasteiger charge is -2.32. The van der Waals surface area contributed by atoms with Gasteiger partial charge < -0.3 is 4.90 Å². The summed E-state index contributed by atoms with van der Waals surface area (Å²) >= 11 is 0. The van der Waals surface area contributed by atoms with Crippen LogP contribution < -0.4 is 5.84 Å². The molecule has 2 N–H and O–H groups in total. The van der Waals surface area contributed by atoms with Crippen LogP contribution in [0.25, 0.3) is 0 Å². The van der Waals surface area contributed by atoms with Gasteiger partial charge in [0.25, 0.3) is 0 Å². The van der Waals surface area contributed by atoms with Crippen molar-refractivity contribution in [1.29, 1.82) is 0 Å². The van der Waals surface area contributed by atoms with E-state index in [2.05, 4.69) is 31.2 Å². The minimum Gasteiger partial charge on any atom is -0.319 e. The molecular weight excluding hydrogens is 214 g/mol. The monoisotopic (exact) mass is 233 g/mol. The summed E-state index contributed by atoms with van der Waals surface area (Å²) in [6.07, 6.45) is 1.98. The summed E-state index contributed by atoms with van der Waals surface area (Å²) in [7, 11) is 0. The molecule has 0 saturated carbocycles. The molecule has 0 unspecified atom stereocenters. The number of nitrogens with two attached hydrogens (primary N) is 1. The molecule has 1 fully saturated rings. The average molecular weight is 233 g/mol. The van der Waals surface area contributed by atoms with Crippen LogP contribution in [-0.4, -0.2) is 29.0 Å². The van der Waals surface area contributed by atoms with Crippen molar-refractivity contribution < 1.29 is 4.79 Å². The van der Waals surface area contributed by atoms with Gasteiger partial charge in [-0.15, -0.1) is 0 Å². The Morgan fingerprint density at radius 3 is 2.47 bits per heavy atom. The van der Waals surface area contributed by atoms with Crippen LogP contribution >= 0.6 is 0 Å². The number of carbonyl (C=O) groups is 1. The van der Waals surface area contributed by atoms with Crippen molar-refractivity contribution in [3.63, 3.8) is 0 Å². The Morgan fingerprint density at radius 1 is 1.18 bits per heavy atom. The minimum atomic E-state index is -0.0733. The van der Waals surface area contributed by atoms with Gasteiger partial charge in [0.15, 0.2) is 0 Å². The highest BCUT2D eigenvalue weighted by Gasteiger charge is 2.22. The molecule has 0 aromatic heterocycles. The molecule has 1 aromatic rings. The van der Waals surface area contributed by atoms with Crippen LogP contribution in [0, 0.1) is 0 Å². The molecule has 17 heavy (non-hydrogen) atoms. The molecular formula is C13H19N3O. The maximum Gasteiger partial charge on any atom is 0.334 e. The molecule has 4 nitrogen and oxygen atoms in total. The lowest BCUT2D eigenvalue weighted by Crippen LogP contribution is -2.52. The van der Waals surface area contributed by atoms with Gasteiger partial charge in [-0.25, -0.2) is 10.6 Å². The topological polar surface area (TPSA) is 49.6 Å². The lowest BCUT2D eigenvalue weighted by molar-refractivity contribution is 0.127. The molecule has 0 radical (unpaired) electrons. The predicted octanol–water partition coefficient (Wildman–Crippen LogP) is 1.75. The zero-order valence-corrected chi connectivity index (χ0v) is 10.2. The van der Waals surface area contributed by atoms with Crippen LogP contribution in [0.2, 0.25) is 0 Å². The summed E-state index contributed by atoms with van der Waals surface area (Å²) in [6, 6.07) is 8.33. The van der Waals surface area contributed by atoms with Gasteiger partial charge in [0.1, 0.15) is 0 Å². The second kappa shape index (κ2) is 5.19. The van der Waals surface area contributed by atoms with E-state index in [9.17, 15) is 4.79 Å². The van der Waals surface area contributed by atoms with Crippen molar-refractivity contribution in [2.24, 2.45) is 5.84 Å². The molecule has 1 aromatic carbocycles. The number of urea groups is 1. The summed E-state index contributed by atoms with van der Waals surface area (Å²) in [4.78, 5) is 13.6. The smallest absolute Gasteiger partial charge is 0.319 e. The van der Waals surface area contributed by atoms with Gasteiger partial charge in [0, 0.05) is 19.6 Å². The number of aryl methyl sites for hydroxylation is 1. The van der Waals surface area contributed by atoms with Crippen LogP contribution in [-0.2, 0) is 13.0 Å². The van der Waals surface area contributed by atoms with Crippen LogP contribution in [0.15, 0.2) is 24.3 Å². The van der Waals surface area contributed by atoms with E-state index < -0.39 is 0 Å². The third-order valence-electron chi connectivity index (χ3n) is 3.15. The Hall–Kier alpha value is -1.55. The molecule has 1 saturated heterocycles. The summed E-state index contributed by atoms with van der Waals surface area (Å²) in [5, 5.41) is 1.30. The Balaban J connectivity index is 2.01. The molecule has 2 rings (SSSR count). The van der Waals surface area contributed by atoms with E-state index in [-0.39, 0.29) is 6.03 Å². The van der Waals surface area contributed by atoms with Crippen LogP contribution in [0.3, 0.4) is 0 Å². The zero-order valence-electron chi connectivity index (χ0n) is 10.2. The van der Waals surface area contributed by atoms with Gasteiger partial charge in [-0.05, 0) is 24.0 Å². The van der Waals surface area contributed by atoms with Crippen LogP contribution in [0.4, 0.5) is 4.79 Å². The molecule has 4 heteroatoms. The highest BCUT2D eigenvalue weighted by atomic mass is 16.2. The summed E-state index contributed by atoms with van der Waals surface area (Å²) in [5.41, 5.74) is 2.48. The quantitative estimate of drug-likeness (QED) is 0.638. The fourth-order valence-corrected chi connectivity index (χ4v) is 2.05. The molecule has 0 spiro atoms. The Morgan fingerprint density at radius 2 is 1.82 bits per heavy atom. The third-order valence-corrected chi connectivity index (χ3v) is 3.15. The second-order valence-electron chi connectivity index (χ2n) is 4.42. The molecule has 1 heterocycles. The first-order chi connectivity index (χ1) is 8.20. The molecule has 1 aliphatic rings. The van der Waals surface area contributed by atoms with Gasteiger partial charge in [0.05, 0.1) is 0 Å². The second-order valence-corrected chi connectivity index (χ2v) is 4.42. The fraction of sp³-hybridized carbons (Fsp3) is 0.462. The fourth-order valence-electron chi connectivity index (χ4n) is 2.05. The number of hydrogen-bond acceptors (Lipinski definition) is 2. The van der Waals surface area contributed by atoms with Gasteiger partial charge in [-0.2, -0.15) is 0 Å². The van der Waals surface area contributed by atoms with Crippen molar-refractivity contribution in [1.82, 2.24) is 9.91 Å². The predicted molar refractivity (Wildman–Crippen MR) is 67.1 cm³/mol. The summed E-state index contributed by atoms with van der Waals surface area (Å²) in [5.74, 6) is 5.61. The molecule has 0 bridgehead atoms. The Labute approximate surface area is 102 Å². The molecule has 1 aliphatic heterocycles. The first-order valence-electron chi connectivity index (χ1n) is 6.09. The van der Waals surface area contributed by atoms with E-state index in [1.165, 1.54) is 10.6 Å². The van der Waals surface area contributed by atoms with Gasteiger partial charge in [0.2, 0.25) is 0 Å². The number of hydrogen-bond donors (Lipinski definition) is 1. The maximum atomic E-state index is 11.8. The van der Waals surface area contributed by atoms with Crippen molar-refractivity contribution in [3.8, 4) is 0 Å². The van der Waals surface area contributed by atoms with Crippen molar-refractivity contribution in [2.45, 2.75) is 26.3 Å². The van der Waals surface area contributed by atoms with Gasteiger partial charge in [-0.1, -0.05) is 31.2 Å². The van der Waals surface area contributed by atoms with Crippen LogP contribution in [0.5, 0.6) is 0 Å². The standard InChI is InChI=1S/C13H19N3O/c1-2-11-4-6-12(7-5-11)10-15-8-3-9-16(14)13(15)17/h4-7H,2-3,8-10,14H2,1H3. The number of rotatable bonds is 3. The van der Waals surface area contributed by atoms with E-state index >= 15 is 0 Å². The van der Waals surface area contributed by atoms with Gasteiger partial charge in [-0.3, -0.25) is 5.01 Å². The number of hydrazine groups is 1. The largest absolute Gasteiger partial charge is 0.334 e. The highest BCUT2D eigenvalue weighted by molar-refractivity contribution is 5.74. The van der Waals surface area contributed by atoms with E-state index in [4.69, 9.17) is 5.84 Å². The van der Waals surface area contributed by atoms with E-state index in [0.29, 0.717) is 13.1 Å². The first-order valence-corrected chi connectivity index (χ1v) is 6.09. The summed E-state index contributed by atoms with van der Waals surface area (Å²) < 4.78 is 0. The zero-order chi connectivity index (χ0) is 12.3. The van der Waals surface area contributed by atoms with Crippen molar-refractivity contribution in [3.05, 3.63) is 35.4 Å². The molecule has 0 atom stereocenters. The Kier molecular flexibility index (Phi) is 3.64. The first kappa shape index (κ1) is 11.9. The van der Waals surface area contributed by atoms with E-state index in [1.807, 2.05) is 0 Å². The maximum absolute atomic E-state index is 11.8. The van der Waals surface area contributed by atoms with E-state index in [1.54, 1.807) is 4.90 Å². The average Bonchev–Trinajstić information content (AvgIpc) is 2.36. The lowest BCUT2D eigenvalue weighted by atomic mass is 10.1. The number of amides is 2. The SMILES string of the molecule is CCc1ccc(CN2CCCN(N)C2=O)cc1. The molecule has 0 aliphatic carbocycles. The van der Waals surface area contributed by atoms with E-state index in [0.717, 1.165) is 24.9 Å². The van der Waals surface area contributed by atoms with Crippen LogP contribution in [0.1, 0.15) is 24.5 Å². The third kappa shape index (κ3) is 2.77. The number of benzene rings is 1. The van der Waals surface area contributed by atoms with Gasteiger partial charge >= 0.3 is 6.03 Å².